The van der Waals surface area contributed by atoms with Crippen LogP contribution in [0.2, 0.25) is 0 Å². The van der Waals surface area contributed by atoms with Crippen LogP contribution in [0.25, 0.3) is 0 Å². The van der Waals surface area contributed by atoms with Gasteiger partial charge in [0.25, 0.3) is 10.0 Å². The van der Waals surface area contributed by atoms with E-state index in [9.17, 15) is 13.2 Å². The molecule has 0 saturated heterocycles. The maximum absolute atomic E-state index is 11.7. The van der Waals surface area contributed by atoms with Gasteiger partial charge in [-0.3, -0.25) is 10.2 Å². The molecule has 5 nitrogen and oxygen atoms in total. The van der Waals surface area contributed by atoms with Crippen molar-refractivity contribution in [3.05, 3.63) is 29.8 Å². The number of alkyl halides is 1. The van der Waals surface area contributed by atoms with Gasteiger partial charge in [-0.05, 0) is 19.1 Å². The molecule has 1 aromatic carbocycles. The Kier molecular flexibility index (Phi) is 4.92. The van der Waals surface area contributed by atoms with Crippen LogP contribution in [0, 0.1) is 6.92 Å². The Bertz CT molecular complexity index is 485. The van der Waals surface area contributed by atoms with Crippen LogP contribution >= 0.6 is 11.6 Å². The van der Waals surface area contributed by atoms with Crippen molar-refractivity contribution in [2.75, 3.05) is 5.88 Å². The van der Waals surface area contributed by atoms with Gasteiger partial charge in [0.05, 0.1) is 4.90 Å². The number of halogens is 1. The molecule has 0 saturated carbocycles. The average Bonchev–Trinajstić information content (AvgIpc) is 2.28. The molecule has 1 amide bonds. The van der Waals surface area contributed by atoms with E-state index in [4.69, 9.17) is 11.6 Å². The third-order valence-electron chi connectivity index (χ3n) is 1.98. The van der Waals surface area contributed by atoms with Crippen molar-refractivity contribution in [1.82, 2.24) is 10.3 Å². The third kappa shape index (κ3) is 4.33. The Hall–Kier alpha value is -1.11. The zero-order valence-electron chi connectivity index (χ0n) is 9.23. The predicted molar refractivity (Wildman–Crippen MR) is 65.0 cm³/mol. The standard InChI is InChI=1S/C10H13ClN2O3S/c1-8-2-4-9(5-3-8)17(15,16)13-12-10(14)6-7-11/h2-5,13H,6-7H2,1H3,(H,12,14). The molecule has 0 bridgehead atoms. The molecule has 0 atom stereocenters. The summed E-state index contributed by atoms with van der Waals surface area (Å²) in [5, 5.41) is 0. The number of aryl methyl sites for hydroxylation is 1. The number of carbonyl (C=O) groups is 1. The lowest BCUT2D eigenvalue weighted by Crippen LogP contribution is -2.41. The quantitative estimate of drug-likeness (QED) is 0.621. The van der Waals surface area contributed by atoms with Crippen LogP contribution in [-0.2, 0) is 14.8 Å². The summed E-state index contributed by atoms with van der Waals surface area (Å²) in [6.45, 7) is 1.85. The predicted octanol–water partition coefficient (Wildman–Crippen LogP) is 0.933. The van der Waals surface area contributed by atoms with Crippen LogP contribution in [0.5, 0.6) is 0 Å². The molecule has 0 heterocycles. The Morgan fingerprint density at radius 1 is 1.29 bits per heavy atom. The first-order valence-corrected chi connectivity index (χ1v) is 6.91. The molecule has 0 aromatic heterocycles. The molecular formula is C10H13ClN2O3S. The lowest BCUT2D eigenvalue weighted by molar-refractivity contribution is -0.121. The second-order valence-corrected chi connectivity index (χ2v) is 5.47. The highest BCUT2D eigenvalue weighted by Crippen LogP contribution is 2.08. The number of nitrogens with one attached hydrogen (secondary N) is 2. The van der Waals surface area contributed by atoms with Gasteiger partial charge in [0.15, 0.2) is 0 Å². The molecule has 0 spiro atoms. The van der Waals surface area contributed by atoms with Gasteiger partial charge in [-0.25, -0.2) is 8.42 Å². The van der Waals surface area contributed by atoms with E-state index in [2.05, 4.69) is 5.43 Å². The topological polar surface area (TPSA) is 75.3 Å². The van der Waals surface area contributed by atoms with E-state index >= 15 is 0 Å². The summed E-state index contributed by atoms with van der Waals surface area (Å²) in [4.78, 5) is 13.1. The lowest BCUT2D eigenvalue weighted by Gasteiger charge is -2.07. The first-order chi connectivity index (χ1) is 7.95. The van der Waals surface area contributed by atoms with E-state index in [1.165, 1.54) is 12.1 Å². The minimum Gasteiger partial charge on any atom is -0.278 e. The van der Waals surface area contributed by atoms with Gasteiger partial charge in [0.1, 0.15) is 0 Å². The smallest absolute Gasteiger partial charge is 0.257 e. The molecule has 1 aromatic rings. The summed E-state index contributed by atoms with van der Waals surface area (Å²) in [5.41, 5.74) is 3.03. The first kappa shape index (κ1) is 14.0. The van der Waals surface area contributed by atoms with Gasteiger partial charge in [0, 0.05) is 12.3 Å². The van der Waals surface area contributed by atoms with E-state index in [1.807, 2.05) is 11.8 Å². The molecule has 17 heavy (non-hydrogen) atoms. The van der Waals surface area contributed by atoms with Gasteiger partial charge in [0.2, 0.25) is 5.91 Å². The van der Waals surface area contributed by atoms with Gasteiger partial charge in [-0.1, -0.05) is 17.7 Å². The largest absolute Gasteiger partial charge is 0.278 e. The number of hydrogen-bond donors (Lipinski definition) is 2. The maximum atomic E-state index is 11.7. The SMILES string of the molecule is Cc1ccc(S(=O)(=O)NNC(=O)CCCl)cc1. The Morgan fingerprint density at radius 2 is 1.88 bits per heavy atom. The van der Waals surface area contributed by atoms with Crippen LogP contribution < -0.4 is 10.3 Å². The second-order valence-electron chi connectivity index (χ2n) is 3.41. The maximum Gasteiger partial charge on any atom is 0.257 e. The zero-order valence-corrected chi connectivity index (χ0v) is 10.8. The first-order valence-electron chi connectivity index (χ1n) is 4.89. The van der Waals surface area contributed by atoms with Gasteiger partial charge in [-0.15, -0.1) is 16.4 Å². The summed E-state index contributed by atoms with van der Waals surface area (Å²) in [6.07, 6.45) is 0.0535. The van der Waals surface area contributed by atoms with Crippen molar-refractivity contribution in [1.29, 1.82) is 0 Å². The molecule has 0 fully saturated rings. The van der Waals surface area contributed by atoms with Gasteiger partial charge >= 0.3 is 0 Å². The average molecular weight is 277 g/mol. The molecule has 0 aliphatic carbocycles. The number of benzene rings is 1. The van der Waals surface area contributed by atoms with Crippen LogP contribution in [0.4, 0.5) is 0 Å². The van der Waals surface area contributed by atoms with Crippen molar-refractivity contribution in [2.45, 2.75) is 18.2 Å². The van der Waals surface area contributed by atoms with E-state index in [0.717, 1.165) is 5.56 Å². The minimum atomic E-state index is -3.72. The molecule has 0 unspecified atom stereocenters. The number of hydrazine groups is 1. The van der Waals surface area contributed by atoms with Gasteiger partial charge in [-0.2, -0.15) is 0 Å². The van der Waals surface area contributed by atoms with Crippen molar-refractivity contribution in [3.8, 4) is 0 Å². The van der Waals surface area contributed by atoms with Gasteiger partial charge < -0.3 is 0 Å². The van der Waals surface area contributed by atoms with Crippen LogP contribution in [0.15, 0.2) is 29.2 Å². The molecule has 1 rings (SSSR count). The van der Waals surface area contributed by atoms with Crippen molar-refractivity contribution >= 4 is 27.5 Å². The summed E-state index contributed by atoms with van der Waals surface area (Å²) < 4.78 is 23.4. The molecular weight excluding hydrogens is 264 g/mol. The summed E-state index contributed by atoms with van der Waals surface area (Å²) >= 11 is 5.34. The fourth-order valence-corrected chi connectivity index (χ4v) is 2.08. The van der Waals surface area contributed by atoms with E-state index in [-0.39, 0.29) is 17.2 Å². The Labute approximate surface area is 105 Å². The molecule has 7 heteroatoms. The van der Waals surface area contributed by atoms with Crippen molar-refractivity contribution in [2.24, 2.45) is 0 Å². The monoisotopic (exact) mass is 276 g/mol. The van der Waals surface area contributed by atoms with Crippen LogP contribution in [-0.4, -0.2) is 20.2 Å². The van der Waals surface area contributed by atoms with E-state index in [1.54, 1.807) is 12.1 Å². The third-order valence-corrected chi connectivity index (χ3v) is 3.43. The number of hydrogen-bond acceptors (Lipinski definition) is 3. The minimum absolute atomic E-state index is 0.0535. The molecule has 0 aliphatic heterocycles. The highest BCUT2D eigenvalue weighted by molar-refractivity contribution is 7.89. The Morgan fingerprint density at radius 3 is 2.41 bits per heavy atom. The summed E-state index contributed by atoms with van der Waals surface area (Å²) in [7, 11) is -3.72. The fraction of sp³-hybridized carbons (Fsp3) is 0.300. The molecule has 0 aliphatic rings. The highest BCUT2D eigenvalue weighted by atomic mass is 35.5. The number of carbonyl (C=O) groups excluding carboxylic acids is 1. The highest BCUT2D eigenvalue weighted by Gasteiger charge is 2.14. The van der Waals surface area contributed by atoms with Crippen LogP contribution in [0.1, 0.15) is 12.0 Å². The van der Waals surface area contributed by atoms with Crippen LogP contribution in [0.3, 0.4) is 0 Å². The van der Waals surface area contributed by atoms with Crippen molar-refractivity contribution in [3.63, 3.8) is 0 Å². The number of rotatable bonds is 5. The van der Waals surface area contributed by atoms with E-state index in [0.29, 0.717) is 0 Å². The molecule has 2 N–H and O–H groups in total. The summed E-state index contributed by atoms with van der Waals surface area (Å²) in [5.74, 6) is -0.339. The molecule has 94 valence electrons. The summed E-state index contributed by atoms with van der Waals surface area (Å²) in [6, 6.07) is 6.28. The fourth-order valence-electron chi connectivity index (χ4n) is 1.05. The van der Waals surface area contributed by atoms with Crippen molar-refractivity contribution < 1.29 is 13.2 Å². The normalized spacial score (nSPS) is 11.2. The molecule has 0 radical (unpaired) electrons. The second kappa shape index (κ2) is 6.00. The number of amides is 1. The lowest BCUT2D eigenvalue weighted by atomic mass is 10.2. The Balaban J connectivity index is 2.69. The van der Waals surface area contributed by atoms with E-state index < -0.39 is 15.9 Å². The number of sulfonamides is 1. The zero-order chi connectivity index (χ0) is 12.9.